The number of alkyl halides is 34. The van der Waals surface area contributed by atoms with Gasteiger partial charge < -0.3 is 14.6 Å². The average Bonchev–Trinajstić information content (AvgIpc) is 3.05. The van der Waals surface area contributed by atoms with Gasteiger partial charge in [0.1, 0.15) is 0 Å². The van der Waals surface area contributed by atoms with E-state index in [0.717, 1.165) is 0 Å². The van der Waals surface area contributed by atoms with Gasteiger partial charge in [-0.1, -0.05) is 0 Å². The lowest BCUT2D eigenvalue weighted by atomic mass is 9.88. The molecule has 39 heteroatoms. The van der Waals surface area contributed by atoms with Gasteiger partial charge in [0.15, 0.2) is 6.10 Å². The molecular formula is C24H12F34O5. The van der Waals surface area contributed by atoms with Gasteiger partial charge in [-0.05, 0) is 0 Å². The molecule has 1 N–H and O–H groups in total. The highest BCUT2D eigenvalue weighted by Crippen LogP contribution is 2.66. The fourth-order valence-electron chi connectivity index (χ4n) is 3.68. The molecule has 0 aliphatic rings. The molecule has 0 amide bonds. The number of halogens is 34. The van der Waals surface area contributed by atoms with Crippen LogP contribution >= 0.6 is 0 Å². The summed E-state index contributed by atoms with van der Waals surface area (Å²) >= 11 is 0. The van der Waals surface area contributed by atoms with Gasteiger partial charge in [0.2, 0.25) is 0 Å². The largest absolute Gasteiger partial charge is 0.465 e. The van der Waals surface area contributed by atoms with Gasteiger partial charge in [-0.2, -0.15) is 149 Å². The summed E-state index contributed by atoms with van der Waals surface area (Å²) in [7, 11) is 0. The molecule has 0 radical (unpaired) electrons. The molecule has 0 bridgehead atoms. The minimum Gasteiger partial charge on any atom is -0.465 e. The summed E-state index contributed by atoms with van der Waals surface area (Å²) in [6.07, 6.45) is -28.9. The Balaban J connectivity index is 5.94. The van der Waals surface area contributed by atoms with Crippen LogP contribution in [0.15, 0.2) is 0 Å². The Bertz CT molecular complexity index is 1620. The predicted molar refractivity (Wildman–Crippen MR) is 123 cm³/mol. The third-order valence-corrected chi connectivity index (χ3v) is 7.55. The lowest BCUT2D eigenvalue weighted by Gasteiger charge is -2.42. The minimum atomic E-state index is -9.02. The van der Waals surface area contributed by atoms with E-state index in [0.29, 0.717) is 0 Å². The average molecular weight is 1030 g/mol. The van der Waals surface area contributed by atoms with Gasteiger partial charge in [0.25, 0.3) is 0 Å². The van der Waals surface area contributed by atoms with Crippen molar-refractivity contribution in [3.63, 3.8) is 0 Å². The van der Waals surface area contributed by atoms with Crippen LogP contribution in [0.2, 0.25) is 0 Å². The molecule has 63 heavy (non-hydrogen) atoms. The van der Waals surface area contributed by atoms with Crippen molar-refractivity contribution in [1.82, 2.24) is 0 Å². The van der Waals surface area contributed by atoms with Gasteiger partial charge in [-0.3, -0.25) is 4.79 Å². The summed E-state index contributed by atoms with van der Waals surface area (Å²) < 4.78 is 458. The molecule has 0 spiro atoms. The lowest BCUT2D eigenvalue weighted by molar-refractivity contribution is -0.461. The molecule has 0 rings (SSSR count). The van der Waals surface area contributed by atoms with Crippen molar-refractivity contribution in [2.24, 2.45) is 0 Å². The fourth-order valence-corrected chi connectivity index (χ4v) is 3.68. The first kappa shape index (κ1) is 59.5. The first-order chi connectivity index (χ1) is 26.9. The molecule has 0 aromatic rings. The van der Waals surface area contributed by atoms with E-state index in [1.54, 1.807) is 0 Å². The molecule has 376 valence electrons. The van der Waals surface area contributed by atoms with E-state index in [4.69, 9.17) is 0 Å². The van der Waals surface area contributed by atoms with Gasteiger partial charge >= 0.3 is 107 Å². The SMILES string of the molecule is O=C(CC(O)C(=O)OCCC(F)(F)C(F)(F)C(F)(F)C(F)(F)C(F)(F)C(F)(F)C(F)(F)C(F)(F)F)OCCC(F)(F)C(F)(F)C(F)(F)C(F)(F)C(F)(F)C(F)(F)C(F)(F)C(F)(F)F. The molecule has 5 nitrogen and oxygen atoms in total. The number of rotatable bonds is 21. The Kier molecular flexibility index (Phi) is 15.5. The van der Waals surface area contributed by atoms with Crippen LogP contribution in [-0.4, -0.2) is 132 Å². The molecule has 0 aliphatic heterocycles. The van der Waals surface area contributed by atoms with Crippen molar-refractivity contribution < 1.29 is 173 Å². The van der Waals surface area contributed by atoms with Gasteiger partial charge in [-0.15, -0.1) is 0 Å². The summed E-state index contributed by atoms with van der Waals surface area (Å²) in [5.41, 5.74) is 0. The first-order valence-electron chi connectivity index (χ1n) is 14.3. The Hall–Kier alpha value is -3.48. The molecule has 0 aromatic heterocycles. The zero-order chi connectivity index (χ0) is 51.7. The quantitative estimate of drug-likeness (QED) is 0.0916. The van der Waals surface area contributed by atoms with Crippen LogP contribution in [0.1, 0.15) is 19.3 Å². The molecule has 1 unspecified atom stereocenters. The summed E-state index contributed by atoms with van der Waals surface area (Å²) in [5.74, 6) is -125. The highest BCUT2D eigenvalue weighted by Gasteiger charge is 2.97. The molecule has 0 aromatic carbocycles. The Morgan fingerprint density at radius 3 is 0.778 bits per heavy atom. The molecule has 0 fully saturated rings. The molecule has 1 atom stereocenters. The highest BCUT2D eigenvalue weighted by molar-refractivity contribution is 5.81. The zero-order valence-electron chi connectivity index (χ0n) is 28.0. The molecule has 0 heterocycles. The van der Waals surface area contributed by atoms with Crippen molar-refractivity contribution in [3.8, 4) is 0 Å². The summed E-state index contributed by atoms with van der Waals surface area (Å²) in [4.78, 5) is 23.0. The second-order valence-corrected chi connectivity index (χ2v) is 11.9. The van der Waals surface area contributed by atoms with E-state index in [-0.39, 0.29) is 0 Å². The van der Waals surface area contributed by atoms with Crippen LogP contribution in [0.3, 0.4) is 0 Å². The topological polar surface area (TPSA) is 72.8 Å². The van der Waals surface area contributed by atoms with Crippen LogP contribution in [0.4, 0.5) is 149 Å². The fraction of sp³-hybridized carbons (Fsp3) is 0.917. The number of carbonyl (C=O) groups excluding carboxylic acids is 2. The number of aliphatic hydroxyl groups is 1. The second kappa shape index (κ2) is 16.4. The van der Waals surface area contributed by atoms with Crippen LogP contribution in [0, 0.1) is 0 Å². The normalized spacial score (nSPS) is 16.6. The highest BCUT2D eigenvalue weighted by atomic mass is 19.4. The van der Waals surface area contributed by atoms with Crippen molar-refractivity contribution >= 4 is 11.9 Å². The molecular weight excluding hydrogens is 1010 g/mol. The maximum absolute atomic E-state index is 13.9. The lowest BCUT2D eigenvalue weighted by Crippen LogP contribution is -2.74. The molecule has 0 saturated carbocycles. The molecule has 0 aliphatic carbocycles. The third-order valence-electron chi connectivity index (χ3n) is 7.55. The Morgan fingerprint density at radius 2 is 0.540 bits per heavy atom. The summed E-state index contributed by atoms with van der Waals surface area (Å²) in [6.45, 7) is -5.49. The van der Waals surface area contributed by atoms with Crippen LogP contribution in [0.5, 0.6) is 0 Å². The number of hydrogen-bond donors (Lipinski definition) is 1. The summed E-state index contributed by atoms with van der Waals surface area (Å²) in [5, 5.41) is 9.30. The van der Waals surface area contributed by atoms with E-state index < -0.39 is 146 Å². The minimum absolute atomic E-state index is 2.33. The third kappa shape index (κ3) is 8.95. The van der Waals surface area contributed by atoms with E-state index >= 15 is 0 Å². The van der Waals surface area contributed by atoms with E-state index in [1.807, 2.05) is 0 Å². The van der Waals surface area contributed by atoms with Crippen molar-refractivity contribution in [1.29, 1.82) is 0 Å². The smallest absolute Gasteiger partial charge is 0.460 e. The number of aliphatic hydroxyl groups excluding tert-OH is 1. The monoisotopic (exact) mass is 1030 g/mol. The number of hydrogen-bond acceptors (Lipinski definition) is 5. The van der Waals surface area contributed by atoms with E-state index in [2.05, 4.69) is 9.47 Å². The van der Waals surface area contributed by atoms with Gasteiger partial charge in [0.05, 0.1) is 32.5 Å². The summed E-state index contributed by atoms with van der Waals surface area (Å²) in [6, 6.07) is 0. The number of carbonyl (C=O) groups is 2. The van der Waals surface area contributed by atoms with E-state index in [1.165, 1.54) is 0 Å². The van der Waals surface area contributed by atoms with Gasteiger partial charge in [0, 0.05) is 0 Å². The molecule has 0 saturated heterocycles. The number of ether oxygens (including phenoxy) is 2. The van der Waals surface area contributed by atoms with Crippen LogP contribution in [-0.2, 0) is 19.1 Å². The predicted octanol–water partition coefficient (Wildman–Crippen LogP) is 10.6. The second-order valence-electron chi connectivity index (χ2n) is 11.9. The van der Waals surface area contributed by atoms with Crippen molar-refractivity contribution in [3.05, 3.63) is 0 Å². The van der Waals surface area contributed by atoms with Crippen molar-refractivity contribution in [2.75, 3.05) is 13.2 Å². The zero-order valence-corrected chi connectivity index (χ0v) is 28.0. The maximum atomic E-state index is 13.9. The van der Waals surface area contributed by atoms with E-state index in [9.17, 15) is 164 Å². The number of esters is 2. The maximum Gasteiger partial charge on any atom is 0.460 e. The van der Waals surface area contributed by atoms with Crippen LogP contribution in [0.25, 0.3) is 0 Å². The van der Waals surface area contributed by atoms with Crippen LogP contribution < -0.4 is 0 Å². The Morgan fingerprint density at radius 1 is 0.333 bits per heavy atom. The van der Waals surface area contributed by atoms with Gasteiger partial charge in [-0.25, -0.2) is 4.79 Å². The Labute approximate surface area is 320 Å². The van der Waals surface area contributed by atoms with Crippen molar-refractivity contribution in [2.45, 2.75) is 121 Å². The first-order valence-corrected chi connectivity index (χ1v) is 14.3. The standard InChI is InChI=1S/C24H12F34O5/c25-9(26,11(29,30)13(33,34)15(37,38)17(41,42)19(45,46)21(49,50)23(53,54)55)1-3-62-7(60)5-6(59)8(61)63-4-2-10(27,28)12(31,32)14(35,36)16(39,40)18(43,44)20(47,48)22(51,52)24(56,57)58/h6,59H,1-5H2.